The van der Waals surface area contributed by atoms with Crippen molar-refractivity contribution in [2.75, 3.05) is 13.7 Å². The van der Waals surface area contributed by atoms with Gasteiger partial charge in [-0.1, -0.05) is 0 Å². The Kier molecular flexibility index (Phi) is 4.65. The Bertz CT molecular complexity index is 626. The normalized spacial score (nSPS) is 12.2. The first-order valence-corrected chi connectivity index (χ1v) is 6.85. The van der Waals surface area contributed by atoms with Crippen molar-refractivity contribution in [3.8, 4) is 0 Å². The zero-order valence-corrected chi connectivity index (χ0v) is 11.6. The van der Waals surface area contributed by atoms with Gasteiger partial charge in [0.05, 0.1) is 15.7 Å². The standard InChI is InChI=1S/C13H14N2O4S/c1-19-5-4-10(13(17)18)15-12(16)8-2-3-9-11(6-8)20-7-14-9/h2-3,6-7,10H,4-5H2,1H3,(H,15,16)(H,17,18). The van der Waals surface area contributed by atoms with E-state index in [1.54, 1.807) is 23.7 Å². The van der Waals surface area contributed by atoms with Crippen molar-refractivity contribution in [2.24, 2.45) is 0 Å². The van der Waals surface area contributed by atoms with E-state index in [1.165, 1.54) is 18.4 Å². The molecule has 0 bridgehead atoms. The maximum atomic E-state index is 12.1. The van der Waals surface area contributed by atoms with Crippen LogP contribution in [0.25, 0.3) is 10.2 Å². The summed E-state index contributed by atoms with van der Waals surface area (Å²) in [7, 11) is 1.48. The Morgan fingerprint density at radius 1 is 1.50 bits per heavy atom. The van der Waals surface area contributed by atoms with Crippen LogP contribution in [0.15, 0.2) is 23.7 Å². The lowest BCUT2D eigenvalue weighted by atomic mass is 10.1. The highest BCUT2D eigenvalue weighted by molar-refractivity contribution is 7.16. The number of carbonyl (C=O) groups excluding carboxylic acids is 1. The van der Waals surface area contributed by atoms with Gasteiger partial charge < -0.3 is 15.2 Å². The molecule has 6 nitrogen and oxygen atoms in total. The van der Waals surface area contributed by atoms with Crippen LogP contribution in [0, 0.1) is 0 Å². The number of hydrogen-bond acceptors (Lipinski definition) is 5. The van der Waals surface area contributed by atoms with Gasteiger partial charge in [-0.25, -0.2) is 9.78 Å². The number of nitrogens with one attached hydrogen (secondary N) is 1. The second kappa shape index (κ2) is 6.44. The molecule has 0 saturated heterocycles. The smallest absolute Gasteiger partial charge is 0.326 e. The highest BCUT2D eigenvalue weighted by Gasteiger charge is 2.20. The second-order valence-electron chi connectivity index (χ2n) is 4.18. The van der Waals surface area contributed by atoms with Crippen LogP contribution in [0.1, 0.15) is 16.8 Å². The first kappa shape index (κ1) is 14.4. The van der Waals surface area contributed by atoms with Crippen LogP contribution in [0.4, 0.5) is 0 Å². The molecule has 7 heteroatoms. The molecule has 0 fully saturated rings. The highest BCUT2D eigenvalue weighted by Crippen LogP contribution is 2.19. The first-order valence-electron chi connectivity index (χ1n) is 5.97. The Labute approximate surface area is 119 Å². The van der Waals surface area contributed by atoms with Crippen LogP contribution in [0.5, 0.6) is 0 Å². The molecule has 2 aromatic rings. The maximum Gasteiger partial charge on any atom is 0.326 e. The minimum Gasteiger partial charge on any atom is -0.480 e. The van der Waals surface area contributed by atoms with E-state index >= 15 is 0 Å². The first-order chi connectivity index (χ1) is 9.61. The summed E-state index contributed by atoms with van der Waals surface area (Å²) in [5.74, 6) is -1.49. The number of amides is 1. The van der Waals surface area contributed by atoms with E-state index in [0.717, 1.165) is 10.2 Å². The van der Waals surface area contributed by atoms with Crippen LogP contribution in [0.2, 0.25) is 0 Å². The van der Waals surface area contributed by atoms with Gasteiger partial charge >= 0.3 is 5.97 Å². The summed E-state index contributed by atoms with van der Waals surface area (Å²) < 4.78 is 5.73. The largest absolute Gasteiger partial charge is 0.480 e. The fraction of sp³-hybridized carbons (Fsp3) is 0.308. The molecular formula is C13H14N2O4S. The van der Waals surface area contributed by atoms with Gasteiger partial charge in [-0.15, -0.1) is 11.3 Å². The number of rotatable bonds is 6. The molecule has 0 spiro atoms. The summed E-state index contributed by atoms with van der Waals surface area (Å²) >= 11 is 1.43. The van der Waals surface area contributed by atoms with E-state index in [0.29, 0.717) is 5.56 Å². The number of thiazole rings is 1. The lowest BCUT2D eigenvalue weighted by Gasteiger charge is -2.14. The number of carboxylic acid groups (broad SMARTS) is 1. The van der Waals surface area contributed by atoms with E-state index in [2.05, 4.69) is 10.3 Å². The predicted octanol–water partition coefficient (Wildman–Crippen LogP) is 1.52. The van der Waals surface area contributed by atoms with E-state index in [-0.39, 0.29) is 13.0 Å². The third-order valence-corrected chi connectivity index (χ3v) is 3.60. The molecule has 106 valence electrons. The molecule has 0 radical (unpaired) electrons. The predicted molar refractivity (Wildman–Crippen MR) is 75.0 cm³/mol. The van der Waals surface area contributed by atoms with Crippen LogP contribution in [-0.2, 0) is 9.53 Å². The second-order valence-corrected chi connectivity index (χ2v) is 5.07. The van der Waals surface area contributed by atoms with Gasteiger partial charge in [0.1, 0.15) is 6.04 Å². The molecule has 1 atom stereocenters. The van der Waals surface area contributed by atoms with Crippen LogP contribution in [-0.4, -0.2) is 41.7 Å². The number of ether oxygens (including phenoxy) is 1. The molecule has 0 aliphatic rings. The SMILES string of the molecule is COCCC(NC(=O)c1ccc2ncsc2c1)C(=O)O. The van der Waals surface area contributed by atoms with Crippen LogP contribution < -0.4 is 5.32 Å². The quantitative estimate of drug-likeness (QED) is 0.843. The third-order valence-electron chi connectivity index (χ3n) is 2.81. The van der Waals surface area contributed by atoms with Crippen molar-refractivity contribution in [2.45, 2.75) is 12.5 Å². The molecule has 1 aromatic carbocycles. The Morgan fingerprint density at radius 3 is 3.00 bits per heavy atom. The van der Waals surface area contributed by atoms with Gasteiger partial charge in [-0.05, 0) is 18.2 Å². The van der Waals surface area contributed by atoms with Crippen LogP contribution >= 0.6 is 11.3 Å². The van der Waals surface area contributed by atoms with Crippen molar-refractivity contribution in [3.63, 3.8) is 0 Å². The summed E-state index contributed by atoms with van der Waals surface area (Å²) in [6.45, 7) is 0.269. The molecule has 1 amide bonds. The molecular weight excluding hydrogens is 280 g/mol. The van der Waals surface area contributed by atoms with Gasteiger partial charge in [-0.3, -0.25) is 4.79 Å². The van der Waals surface area contributed by atoms with Gasteiger partial charge in [0.15, 0.2) is 0 Å². The number of fused-ring (bicyclic) bond motifs is 1. The van der Waals surface area contributed by atoms with Crippen molar-refractivity contribution in [3.05, 3.63) is 29.3 Å². The van der Waals surface area contributed by atoms with Crippen molar-refractivity contribution < 1.29 is 19.4 Å². The van der Waals surface area contributed by atoms with Crippen molar-refractivity contribution in [1.29, 1.82) is 0 Å². The molecule has 1 aromatic heterocycles. The average Bonchev–Trinajstić information content (AvgIpc) is 2.90. The molecule has 0 saturated carbocycles. The van der Waals surface area contributed by atoms with Gasteiger partial charge in [-0.2, -0.15) is 0 Å². The minimum atomic E-state index is -1.07. The average molecular weight is 294 g/mol. The van der Waals surface area contributed by atoms with E-state index in [9.17, 15) is 9.59 Å². The van der Waals surface area contributed by atoms with Crippen molar-refractivity contribution >= 4 is 33.4 Å². The highest BCUT2D eigenvalue weighted by atomic mass is 32.1. The molecule has 20 heavy (non-hydrogen) atoms. The number of carboxylic acids is 1. The number of aliphatic carboxylic acids is 1. The lowest BCUT2D eigenvalue weighted by molar-refractivity contribution is -0.139. The summed E-state index contributed by atoms with van der Waals surface area (Å²) in [5.41, 5.74) is 2.94. The summed E-state index contributed by atoms with van der Waals surface area (Å²) in [6, 6.07) is 4.12. The van der Waals surface area contributed by atoms with E-state index in [4.69, 9.17) is 9.84 Å². The molecule has 0 aliphatic heterocycles. The number of nitrogens with zero attached hydrogens (tertiary/aromatic N) is 1. The van der Waals surface area contributed by atoms with Gasteiger partial charge in [0.2, 0.25) is 0 Å². The molecule has 0 aliphatic carbocycles. The maximum absolute atomic E-state index is 12.1. The molecule has 2 N–H and O–H groups in total. The topological polar surface area (TPSA) is 88.5 Å². The van der Waals surface area contributed by atoms with E-state index in [1.807, 2.05) is 0 Å². The van der Waals surface area contributed by atoms with Gasteiger partial charge in [0, 0.05) is 25.7 Å². The number of aromatic nitrogens is 1. The minimum absolute atomic E-state index is 0.223. The zero-order chi connectivity index (χ0) is 14.5. The lowest BCUT2D eigenvalue weighted by Crippen LogP contribution is -2.41. The number of carbonyl (C=O) groups is 2. The zero-order valence-electron chi connectivity index (χ0n) is 10.8. The van der Waals surface area contributed by atoms with Gasteiger partial charge in [0.25, 0.3) is 5.91 Å². The summed E-state index contributed by atoms with van der Waals surface area (Å²) in [5, 5.41) is 11.5. The molecule has 2 rings (SSSR count). The number of benzene rings is 1. The Hall–Kier alpha value is -1.99. The number of methoxy groups -OCH3 is 1. The Balaban J connectivity index is 2.10. The van der Waals surface area contributed by atoms with Crippen molar-refractivity contribution in [1.82, 2.24) is 10.3 Å². The summed E-state index contributed by atoms with van der Waals surface area (Å²) in [4.78, 5) is 27.2. The monoisotopic (exact) mass is 294 g/mol. The van der Waals surface area contributed by atoms with E-state index < -0.39 is 17.9 Å². The molecule has 1 unspecified atom stereocenters. The van der Waals surface area contributed by atoms with Crippen LogP contribution in [0.3, 0.4) is 0 Å². The summed E-state index contributed by atoms with van der Waals surface area (Å²) in [6.07, 6.45) is 0.223. The fourth-order valence-electron chi connectivity index (χ4n) is 1.73. The Morgan fingerprint density at radius 2 is 2.30 bits per heavy atom. The molecule has 1 heterocycles. The fourth-order valence-corrected chi connectivity index (χ4v) is 2.45. The third kappa shape index (κ3) is 3.31. The number of hydrogen-bond donors (Lipinski definition) is 2.